The van der Waals surface area contributed by atoms with Crippen molar-refractivity contribution in [3.8, 4) is 11.3 Å². The van der Waals surface area contributed by atoms with Crippen molar-refractivity contribution in [1.82, 2.24) is 0 Å². The molecule has 1 aliphatic rings. The monoisotopic (exact) mass is 432 g/mol. The van der Waals surface area contributed by atoms with Crippen molar-refractivity contribution in [3.63, 3.8) is 0 Å². The van der Waals surface area contributed by atoms with Gasteiger partial charge in [0.2, 0.25) is 0 Å². The van der Waals surface area contributed by atoms with Crippen molar-refractivity contribution >= 4 is 28.7 Å². The number of benzene rings is 3. The Bertz CT molecular complexity index is 1260. The van der Waals surface area contributed by atoms with Crippen molar-refractivity contribution in [2.75, 3.05) is 5.75 Å². The molecule has 3 nitrogen and oxygen atoms in total. The van der Waals surface area contributed by atoms with Gasteiger partial charge in [0, 0.05) is 21.4 Å². The standard InChI is InChI=1S/C26H21FO3S/c27-22-16-20(31-13-10-25(28)29)7-8-21(22)24-15-17-14-19(6-9-23(17)30-24)26(11-12-26)18-4-2-1-3-5-18/h1-9,14-16H,10-13H2,(H,28,29). The Hall–Kier alpha value is -3.05. The number of carboxylic acid groups (broad SMARTS) is 1. The first kappa shape index (κ1) is 19.9. The molecular formula is C26H21FO3S. The Balaban J connectivity index is 1.43. The third kappa shape index (κ3) is 3.86. The molecule has 0 saturated heterocycles. The molecule has 0 atom stereocenters. The maximum Gasteiger partial charge on any atom is 0.304 e. The maximum absolute atomic E-state index is 14.8. The molecule has 1 saturated carbocycles. The first-order valence-electron chi connectivity index (χ1n) is 10.3. The molecule has 1 aliphatic carbocycles. The summed E-state index contributed by atoms with van der Waals surface area (Å²) >= 11 is 1.33. The molecule has 0 amide bonds. The molecule has 1 N–H and O–H groups in total. The third-order valence-electron chi connectivity index (χ3n) is 5.94. The summed E-state index contributed by atoms with van der Waals surface area (Å²) in [6.45, 7) is 0. The van der Waals surface area contributed by atoms with E-state index in [1.165, 1.54) is 29.0 Å². The predicted molar refractivity (Wildman–Crippen MR) is 121 cm³/mol. The van der Waals surface area contributed by atoms with E-state index in [0.29, 0.717) is 22.0 Å². The lowest BCUT2D eigenvalue weighted by molar-refractivity contribution is -0.136. The zero-order chi connectivity index (χ0) is 21.4. The average Bonchev–Trinajstić information content (AvgIpc) is 3.47. The Kier molecular flexibility index (Phi) is 5.06. The zero-order valence-electron chi connectivity index (χ0n) is 16.8. The normalized spacial score (nSPS) is 14.6. The van der Waals surface area contributed by atoms with Crippen LogP contribution in [-0.2, 0) is 10.2 Å². The van der Waals surface area contributed by atoms with Gasteiger partial charge in [-0.1, -0.05) is 36.4 Å². The van der Waals surface area contributed by atoms with Crippen LogP contribution in [0, 0.1) is 5.82 Å². The smallest absolute Gasteiger partial charge is 0.304 e. The van der Waals surface area contributed by atoms with Crippen molar-refractivity contribution in [1.29, 1.82) is 0 Å². The van der Waals surface area contributed by atoms with E-state index in [-0.39, 0.29) is 17.7 Å². The molecule has 0 aliphatic heterocycles. The van der Waals surface area contributed by atoms with Crippen molar-refractivity contribution in [2.24, 2.45) is 0 Å². The highest BCUT2D eigenvalue weighted by atomic mass is 32.2. The summed E-state index contributed by atoms with van der Waals surface area (Å²) in [6, 6.07) is 23.7. The van der Waals surface area contributed by atoms with Gasteiger partial charge >= 0.3 is 5.97 Å². The van der Waals surface area contributed by atoms with Crippen LogP contribution in [0.1, 0.15) is 30.4 Å². The molecule has 31 heavy (non-hydrogen) atoms. The second kappa shape index (κ2) is 7.89. The molecule has 1 aromatic heterocycles. The van der Waals surface area contributed by atoms with Gasteiger partial charge in [-0.15, -0.1) is 11.8 Å². The molecule has 4 aromatic rings. The van der Waals surface area contributed by atoms with Gasteiger partial charge in [0.25, 0.3) is 0 Å². The molecule has 1 fully saturated rings. The van der Waals surface area contributed by atoms with Gasteiger partial charge in [0.1, 0.15) is 17.2 Å². The van der Waals surface area contributed by atoms with E-state index >= 15 is 0 Å². The van der Waals surface area contributed by atoms with Gasteiger partial charge < -0.3 is 9.52 Å². The lowest BCUT2D eigenvalue weighted by atomic mass is 9.87. The summed E-state index contributed by atoms with van der Waals surface area (Å²) < 4.78 is 20.7. The summed E-state index contributed by atoms with van der Waals surface area (Å²) in [5.41, 5.74) is 3.82. The van der Waals surface area contributed by atoms with Gasteiger partial charge in [-0.25, -0.2) is 4.39 Å². The van der Waals surface area contributed by atoms with Crippen LogP contribution in [0.4, 0.5) is 4.39 Å². The molecule has 1 heterocycles. The predicted octanol–water partition coefficient (Wildman–Crippen LogP) is 6.89. The SMILES string of the molecule is O=C(O)CCSc1ccc(-c2cc3cc(C4(c5ccccc5)CC4)ccc3o2)c(F)c1. The minimum atomic E-state index is -0.855. The highest BCUT2D eigenvalue weighted by Gasteiger charge is 2.45. The Labute approximate surface area is 183 Å². The van der Waals surface area contributed by atoms with Gasteiger partial charge in [0.15, 0.2) is 0 Å². The summed E-state index contributed by atoms with van der Waals surface area (Å²) in [5.74, 6) is -0.324. The number of hydrogen-bond donors (Lipinski definition) is 1. The van der Waals surface area contributed by atoms with Crippen LogP contribution in [0.25, 0.3) is 22.3 Å². The number of fused-ring (bicyclic) bond motifs is 1. The lowest BCUT2D eigenvalue weighted by Crippen LogP contribution is -2.07. The van der Waals surface area contributed by atoms with E-state index in [1.54, 1.807) is 12.1 Å². The lowest BCUT2D eigenvalue weighted by Gasteiger charge is -2.16. The number of rotatable bonds is 7. The zero-order valence-corrected chi connectivity index (χ0v) is 17.6. The van der Waals surface area contributed by atoms with Crippen LogP contribution in [0.3, 0.4) is 0 Å². The first-order valence-corrected chi connectivity index (χ1v) is 11.3. The fourth-order valence-electron chi connectivity index (χ4n) is 4.14. The van der Waals surface area contributed by atoms with E-state index in [4.69, 9.17) is 9.52 Å². The molecule has 3 aromatic carbocycles. The van der Waals surface area contributed by atoms with Crippen LogP contribution >= 0.6 is 11.8 Å². The summed E-state index contributed by atoms with van der Waals surface area (Å²) in [6.07, 6.45) is 2.30. The second-order valence-electron chi connectivity index (χ2n) is 7.95. The van der Waals surface area contributed by atoms with E-state index in [1.807, 2.05) is 18.2 Å². The number of halogens is 1. The largest absolute Gasteiger partial charge is 0.481 e. The highest BCUT2D eigenvalue weighted by molar-refractivity contribution is 7.99. The average molecular weight is 433 g/mol. The van der Waals surface area contributed by atoms with Crippen LogP contribution in [0.5, 0.6) is 0 Å². The van der Waals surface area contributed by atoms with Crippen molar-refractivity contribution < 1.29 is 18.7 Å². The molecular weight excluding hydrogens is 411 g/mol. The molecule has 5 heteroatoms. The van der Waals surface area contributed by atoms with E-state index in [0.717, 1.165) is 23.8 Å². The van der Waals surface area contributed by atoms with Crippen molar-refractivity contribution in [3.05, 3.63) is 89.7 Å². The molecule has 0 radical (unpaired) electrons. The highest BCUT2D eigenvalue weighted by Crippen LogP contribution is 2.54. The quantitative estimate of drug-likeness (QED) is 0.323. The Morgan fingerprint density at radius 3 is 2.52 bits per heavy atom. The third-order valence-corrected chi connectivity index (χ3v) is 6.93. The maximum atomic E-state index is 14.8. The molecule has 0 bridgehead atoms. The Morgan fingerprint density at radius 2 is 1.81 bits per heavy atom. The van der Waals surface area contributed by atoms with E-state index in [9.17, 15) is 9.18 Å². The first-order chi connectivity index (χ1) is 15.0. The topological polar surface area (TPSA) is 50.4 Å². The summed E-state index contributed by atoms with van der Waals surface area (Å²) in [4.78, 5) is 11.4. The van der Waals surface area contributed by atoms with Crippen LogP contribution in [-0.4, -0.2) is 16.8 Å². The van der Waals surface area contributed by atoms with Gasteiger partial charge in [-0.3, -0.25) is 4.79 Å². The van der Waals surface area contributed by atoms with E-state index < -0.39 is 5.97 Å². The van der Waals surface area contributed by atoms with Crippen LogP contribution in [0.2, 0.25) is 0 Å². The fourth-order valence-corrected chi connectivity index (χ4v) is 5.01. The van der Waals surface area contributed by atoms with Gasteiger partial charge in [-0.05, 0) is 60.4 Å². The minimum absolute atomic E-state index is 0.0460. The number of thioether (sulfide) groups is 1. The number of carboxylic acids is 1. The second-order valence-corrected chi connectivity index (χ2v) is 9.11. The molecule has 0 unspecified atom stereocenters. The molecule has 5 rings (SSSR count). The van der Waals surface area contributed by atoms with Gasteiger partial charge in [0.05, 0.1) is 12.0 Å². The van der Waals surface area contributed by atoms with Crippen molar-refractivity contribution in [2.45, 2.75) is 29.6 Å². The number of carbonyl (C=O) groups is 1. The summed E-state index contributed by atoms with van der Waals surface area (Å²) in [7, 11) is 0. The summed E-state index contributed by atoms with van der Waals surface area (Å²) in [5, 5.41) is 9.71. The molecule has 156 valence electrons. The van der Waals surface area contributed by atoms with Gasteiger partial charge in [-0.2, -0.15) is 0 Å². The number of aliphatic carboxylic acids is 1. The number of hydrogen-bond acceptors (Lipinski definition) is 3. The van der Waals surface area contributed by atoms with Crippen LogP contribution < -0.4 is 0 Å². The fraction of sp³-hybridized carbons (Fsp3) is 0.192. The van der Waals surface area contributed by atoms with Crippen LogP contribution in [0.15, 0.2) is 82.1 Å². The Morgan fingerprint density at radius 1 is 1.00 bits per heavy atom. The van der Waals surface area contributed by atoms with E-state index in [2.05, 4.69) is 36.4 Å². The number of furan rings is 1. The molecule has 0 spiro atoms. The minimum Gasteiger partial charge on any atom is -0.481 e.